The van der Waals surface area contributed by atoms with E-state index in [0.29, 0.717) is 6.42 Å². The summed E-state index contributed by atoms with van der Waals surface area (Å²) < 4.78 is 0. The van der Waals surface area contributed by atoms with E-state index in [1.54, 1.807) is 6.92 Å². The number of rotatable bonds is 5. The molecule has 5 nitrogen and oxygen atoms in total. The molecule has 0 fully saturated rings. The Bertz CT molecular complexity index is 268. The fraction of sp³-hybridized carbons (Fsp3) is 0.667. The minimum Gasteiger partial charge on any atom is -0.385 e. The molecule has 0 aliphatic carbocycles. The molecule has 0 aliphatic rings. The van der Waals surface area contributed by atoms with Crippen LogP contribution >= 0.6 is 0 Å². The van der Waals surface area contributed by atoms with Crippen molar-refractivity contribution in [2.45, 2.75) is 39.2 Å². The third-order valence-corrected chi connectivity index (χ3v) is 2.08. The Morgan fingerprint density at radius 3 is 2.50 bits per heavy atom. The molecule has 0 rings (SSSR count). The van der Waals surface area contributed by atoms with Gasteiger partial charge in [-0.15, -0.1) is 0 Å². The maximum atomic E-state index is 11.1. The zero-order valence-corrected chi connectivity index (χ0v) is 8.61. The van der Waals surface area contributed by atoms with Crippen LogP contribution in [-0.4, -0.2) is 21.4 Å². The van der Waals surface area contributed by atoms with Crippen molar-refractivity contribution in [3.8, 4) is 0 Å². The van der Waals surface area contributed by atoms with Gasteiger partial charge in [0.25, 0.3) is 0 Å². The van der Waals surface area contributed by atoms with Crippen LogP contribution in [0.15, 0.2) is 11.8 Å². The maximum absolute atomic E-state index is 11.1. The molecule has 0 aromatic rings. The quantitative estimate of drug-likeness (QED) is 0.536. The standard InChI is InChI=1S/C9H15NO4/c1-4-8(11)5-9(3,12)7(2)6-10(13)14/h6,12H,4-5H2,1-3H3/b7-6+. The van der Waals surface area contributed by atoms with Crippen LogP contribution in [0.3, 0.4) is 0 Å². The lowest BCUT2D eigenvalue weighted by atomic mass is 9.91. The van der Waals surface area contributed by atoms with Gasteiger partial charge in [-0.25, -0.2) is 0 Å². The predicted octanol–water partition coefficient (Wildman–Crippen LogP) is 1.29. The molecule has 0 saturated heterocycles. The highest BCUT2D eigenvalue weighted by molar-refractivity contribution is 5.79. The molecule has 1 atom stereocenters. The number of carbonyl (C=O) groups is 1. The number of hydrogen-bond donors (Lipinski definition) is 1. The smallest absolute Gasteiger partial charge is 0.236 e. The second kappa shape index (κ2) is 4.85. The second-order valence-electron chi connectivity index (χ2n) is 3.44. The van der Waals surface area contributed by atoms with E-state index in [1.807, 2.05) is 0 Å². The van der Waals surface area contributed by atoms with Gasteiger partial charge >= 0.3 is 0 Å². The first-order chi connectivity index (χ1) is 6.29. The molecule has 5 heteroatoms. The van der Waals surface area contributed by atoms with Gasteiger partial charge in [0.15, 0.2) is 0 Å². The molecule has 1 unspecified atom stereocenters. The third kappa shape index (κ3) is 4.13. The molecule has 0 radical (unpaired) electrons. The van der Waals surface area contributed by atoms with Crippen LogP contribution < -0.4 is 0 Å². The Hall–Kier alpha value is -1.23. The number of carbonyl (C=O) groups excluding carboxylic acids is 1. The van der Waals surface area contributed by atoms with Gasteiger partial charge in [0.1, 0.15) is 5.78 Å². The predicted molar refractivity (Wildman–Crippen MR) is 51.3 cm³/mol. The fourth-order valence-electron chi connectivity index (χ4n) is 0.946. The first kappa shape index (κ1) is 12.8. The van der Waals surface area contributed by atoms with E-state index >= 15 is 0 Å². The summed E-state index contributed by atoms with van der Waals surface area (Å²) in [7, 11) is 0. The molecule has 0 saturated carbocycles. The van der Waals surface area contributed by atoms with Crippen molar-refractivity contribution in [1.29, 1.82) is 0 Å². The van der Waals surface area contributed by atoms with Crippen LogP contribution in [0.1, 0.15) is 33.6 Å². The molecular weight excluding hydrogens is 186 g/mol. The maximum Gasteiger partial charge on any atom is 0.236 e. The van der Waals surface area contributed by atoms with Crippen LogP contribution in [-0.2, 0) is 4.79 Å². The fourth-order valence-corrected chi connectivity index (χ4v) is 0.946. The van der Waals surface area contributed by atoms with Gasteiger partial charge in [-0.3, -0.25) is 14.9 Å². The Balaban J connectivity index is 4.60. The van der Waals surface area contributed by atoms with E-state index in [0.717, 1.165) is 6.20 Å². The summed E-state index contributed by atoms with van der Waals surface area (Å²) in [6.45, 7) is 4.52. The van der Waals surface area contributed by atoms with Gasteiger partial charge in [0.05, 0.1) is 10.5 Å². The molecule has 0 aromatic carbocycles. The first-order valence-electron chi connectivity index (χ1n) is 4.36. The summed E-state index contributed by atoms with van der Waals surface area (Å²) in [5.41, 5.74) is -1.23. The van der Waals surface area contributed by atoms with Crippen LogP contribution in [0.5, 0.6) is 0 Å². The highest BCUT2D eigenvalue weighted by Crippen LogP contribution is 2.20. The molecule has 0 bridgehead atoms. The lowest BCUT2D eigenvalue weighted by Crippen LogP contribution is -2.29. The van der Waals surface area contributed by atoms with E-state index in [-0.39, 0.29) is 17.8 Å². The number of Topliss-reactive ketones (excluding diaryl/α,β-unsaturated/α-hetero) is 1. The van der Waals surface area contributed by atoms with E-state index in [9.17, 15) is 20.0 Å². The second-order valence-corrected chi connectivity index (χ2v) is 3.44. The molecule has 0 heterocycles. The van der Waals surface area contributed by atoms with E-state index in [4.69, 9.17) is 0 Å². The minimum absolute atomic E-state index is 0.0837. The summed E-state index contributed by atoms with van der Waals surface area (Å²) in [6, 6.07) is 0. The largest absolute Gasteiger partial charge is 0.385 e. The molecule has 0 spiro atoms. The molecule has 80 valence electrons. The minimum atomic E-state index is -1.42. The Kier molecular flexibility index (Phi) is 4.43. The molecule has 0 amide bonds. The monoisotopic (exact) mass is 201 g/mol. The lowest BCUT2D eigenvalue weighted by molar-refractivity contribution is -0.404. The van der Waals surface area contributed by atoms with Crippen molar-refractivity contribution in [2.75, 3.05) is 0 Å². The van der Waals surface area contributed by atoms with E-state index < -0.39 is 10.5 Å². The molecular formula is C9H15NO4. The molecule has 14 heavy (non-hydrogen) atoms. The zero-order chi connectivity index (χ0) is 11.4. The van der Waals surface area contributed by atoms with Crippen molar-refractivity contribution in [2.24, 2.45) is 0 Å². The normalized spacial score (nSPS) is 16.1. The van der Waals surface area contributed by atoms with Crippen molar-refractivity contribution < 1.29 is 14.8 Å². The average molecular weight is 201 g/mol. The SMILES string of the molecule is CCC(=O)CC(C)(O)/C(C)=C/[N+](=O)[O-]. The molecule has 0 aliphatic heterocycles. The highest BCUT2D eigenvalue weighted by Gasteiger charge is 2.27. The zero-order valence-electron chi connectivity index (χ0n) is 8.61. The van der Waals surface area contributed by atoms with Crippen LogP contribution in [0.2, 0.25) is 0 Å². The lowest BCUT2D eigenvalue weighted by Gasteiger charge is -2.21. The van der Waals surface area contributed by atoms with Gasteiger partial charge in [-0.05, 0) is 13.8 Å². The Morgan fingerprint density at radius 2 is 2.14 bits per heavy atom. The average Bonchev–Trinajstić information content (AvgIpc) is 2.02. The van der Waals surface area contributed by atoms with Gasteiger partial charge in [-0.1, -0.05) is 6.92 Å². The number of ketones is 1. The summed E-state index contributed by atoms with van der Waals surface area (Å²) in [5.74, 6) is -0.119. The van der Waals surface area contributed by atoms with Gasteiger partial charge in [0, 0.05) is 18.4 Å². The van der Waals surface area contributed by atoms with Crippen LogP contribution in [0, 0.1) is 10.1 Å². The summed E-state index contributed by atoms with van der Waals surface area (Å²) >= 11 is 0. The number of aliphatic hydroxyl groups is 1. The molecule has 1 N–H and O–H groups in total. The van der Waals surface area contributed by atoms with E-state index in [2.05, 4.69) is 0 Å². The Morgan fingerprint density at radius 1 is 1.64 bits per heavy atom. The van der Waals surface area contributed by atoms with Gasteiger partial charge in [-0.2, -0.15) is 0 Å². The van der Waals surface area contributed by atoms with Crippen molar-refractivity contribution >= 4 is 5.78 Å². The summed E-state index contributed by atoms with van der Waals surface area (Å²) in [5, 5.41) is 19.9. The van der Waals surface area contributed by atoms with Gasteiger partial charge < -0.3 is 5.11 Å². The third-order valence-electron chi connectivity index (χ3n) is 2.08. The van der Waals surface area contributed by atoms with Crippen molar-refractivity contribution in [3.05, 3.63) is 21.9 Å². The summed E-state index contributed by atoms with van der Waals surface area (Å²) in [4.78, 5) is 20.6. The highest BCUT2D eigenvalue weighted by atomic mass is 16.6. The van der Waals surface area contributed by atoms with Crippen LogP contribution in [0.4, 0.5) is 0 Å². The topological polar surface area (TPSA) is 80.4 Å². The first-order valence-corrected chi connectivity index (χ1v) is 4.36. The van der Waals surface area contributed by atoms with Gasteiger partial charge in [0.2, 0.25) is 6.20 Å². The number of nitro groups is 1. The van der Waals surface area contributed by atoms with Crippen molar-refractivity contribution in [1.82, 2.24) is 0 Å². The van der Waals surface area contributed by atoms with Crippen LogP contribution in [0.25, 0.3) is 0 Å². The number of nitrogens with zero attached hydrogens (tertiary/aromatic N) is 1. The van der Waals surface area contributed by atoms with E-state index in [1.165, 1.54) is 13.8 Å². The Labute approximate surface area is 82.6 Å². The number of hydrogen-bond acceptors (Lipinski definition) is 4. The summed E-state index contributed by atoms with van der Waals surface area (Å²) in [6.07, 6.45) is 0.963. The van der Waals surface area contributed by atoms with Crippen molar-refractivity contribution in [3.63, 3.8) is 0 Å². The molecule has 0 aromatic heterocycles.